The lowest BCUT2D eigenvalue weighted by atomic mass is 10.1. The number of fused-ring (bicyclic) bond motifs is 3. The van der Waals surface area contributed by atoms with Crippen LogP contribution >= 0.6 is 0 Å². The van der Waals surface area contributed by atoms with Crippen LogP contribution in [0.3, 0.4) is 0 Å². The first-order valence-electron chi connectivity index (χ1n) is 9.09. The van der Waals surface area contributed by atoms with E-state index in [9.17, 15) is 9.59 Å². The van der Waals surface area contributed by atoms with Crippen molar-refractivity contribution in [3.05, 3.63) is 68.9 Å². The molecule has 0 spiro atoms. The van der Waals surface area contributed by atoms with E-state index < -0.39 is 5.69 Å². The SMILES string of the molecule is C=CCn1c(=O)c2c(nc3n2CC(C)=NN3Cc2cccc(C)c2)n(C)c1=O. The van der Waals surface area contributed by atoms with E-state index in [-0.39, 0.29) is 12.1 Å². The maximum Gasteiger partial charge on any atom is 0.332 e. The first-order chi connectivity index (χ1) is 13.4. The van der Waals surface area contributed by atoms with E-state index >= 15 is 0 Å². The molecule has 0 radical (unpaired) electrons. The summed E-state index contributed by atoms with van der Waals surface area (Å²) >= 11 is 0. The van der Waals surface area contributed by atoms with Crippen LogP contribution < -0.4 is 16.3 Å². The van der Waals surface area contributed by atoms with Gasteiger partial charge in [0.1, 0.15) is 0 Å². The third kappa shape index (κ3) is 2.77. The van der Waals surface area contributed by atoms with Crippen molar-refractivity contribution >= 4 is 22.8 Å². The summed E-state index contributed by atoms with van der Waals surface area (Å²) in [5, 5.41) is 6.43. The molecule has 4 rings (SSSR count). The molecule has 8 heteroatoms. The van der Waals surface area contributed by atoms with Crippen molar-refractivity contribution in [3.63, 3.8) is 0 Å². The van der Waals surface area contributed by atoms with Crippen molar-refractivity contribution in [2.24, 2.45) is 12.1 Å². The molecule has 3 heterocycles. The Hall–Kier alpha value is -3.42. The molecule has 0 atom stereocenters. The summed E-state index contributed by atoms with van der Waals surface area (Å²) in [6, 6.07) is 8.18. The Balaban J connectivity index is 1.92. The van der Waals surface area contributed by atoms with Gasteiger partial charge in [-0.2, -0.15) is 10.1 Å². The van der Waals surface area contributed by atoms with Crippen LogP contribution in [-0.4, -0.2) is 24.4 Å². The van der Waals surface area contributed by atoms with Crippen LogP contribution in [0.4, 0.5) is 5.95 Å². The zero-order valence-electron chi connectivity index (χ0n) is 16.2. The minimum Gasteiger partial charge on any atom is -0.297 e. The fourth-order valence-corrected chi connectivity index (χ4v) is 3.60. The second-order valence-corrected chi connectivity index (χ2v) is 7.10. The van der Waals surface area contributed by atoms with Crippen LogP contribution in [0.25, 0.3) is 11.2 Å². The molecule has 0 aliphatic carbocycles. The lowest BCUT2D eigenvalue weighted by Gasteiger charge is -2.25. The van der Waals surface area contributed by atoms with Gasteiger partial charge in [0.05, 0.1) is 18.8 Å². The van der Waals surface area contributed by atoms with Crippen molar-refractivity contribution < 1.29 is 0 Å². The summed E-state index contributed by atoms with van der Waals surface area (Å²) < 4.78 is 4.43. The van der Waals surface area contributed by atoms with Gasteiger partial charge in [0.2, 0.25) is 5.95 Å². The molecule has 1 aliphatic heterocycles. The lowest BCUT2D eigenvalue weighted by molar-refractivity contribution is 0.663. The largest absolute Gasteiger partial charge is 0.332 e. The third-order valence-electron chi connectivity index (χ3n) is 4.85. The zero-order valence-corrected chi connectivity index (χ0v) is 16.2. The van der Waals surface area contributed by atoms with E-state index in [0.717, 1.165) is 11.3 Å². The van der Waals surface area contributed by atoms with E-state index in [4.69, 9.17) is 0 Å². The van der Waals surface area contributed by atoms with Crippen molar-refractivity contribution in [1.29, 1.82) is 0 Å². The van der Waals surface area contributed by atoms with Gasteiger partial charge in [-0.25, -0.2) is 9.80 Å². The van der Waals surface area contributed by atoms with Crippen LogP contribution in [0.2, 0.25) is 0 Å². The molecule has 0 unspecified atom stereocenters. The summed E-state index contributed by atoms with van der Waals surface area (Å²) in [4.78, 5) is 30.2. The Morgan fingerprint density at radius 1 is 1.25 bits per heavy atom. The predicted molar refractivity (Wildman–Crippen MR) is 110 cm³/mol. The Bertz CT molecular complexity index is 1240. The van der Waals surface area contributed by atoms with Gasteiger partial charge in [-0.3, -0.25) is 18.5 Å². The van der Waals surface area contributed by atoms with Gasteiger partial charge in [0.25, 0.3) is 5.56 Å². The molecule has 1 aromatic carbocycles. The third-order valence-corrected chi connectivity index (χ3v) is 4.85. The second-order valence-electron chi connectivity index (χ2n) is 7.10. The molecule has 8 nitrogen and oxygen atoms in total. The van der Waals surface area contributed by atoms with Crippen molar-refractivity contribution in [2.75, 3.05) is 5.01 Å². The number of hydrogen-bond donors (Lipinski definition) is 0. The highest BCUT2D eigenvalue weighted by molar-refractivity contribution is 5.87. The smallest absolute Gasteiger partial charge is 0.297 e. The van der Waals surface area contributed by atoms with E-state index in [2.05, 4.69) is 22.7 Å². The fourth-order valence-electron chi connectivity index (χ4n) is 3.60. The Morgan fingerprint density at radius 3 is 2.75 bits per heavy atom. The first kappa shape index (κ1) is 18.0. The van der Waals surface area contributed by atoms with Crippen LogP contribution in [0.1, 0.15) is 18.1 Å². The highest BCUT2D eigenvalue weighted by Crippen LogP contribution is 2.25. The van der Waals surface area contributed by atoms with Crippen molar-refractivity contribution in [2.45, 2.75) is 33.5 Å². The van der Waals surface area contributed by atoms with Gasteiger partial charge in [-0.05, 0) is 19.4 Å². The van der Waals surface area contributed by atoms with E-state index in [1.54, 1.807) is 18.1 Å². The molecule has 0 fully saturated rings. The van der Waals surface area contributed by atoms with Gasteiger partial charge in [0, 0.05) is 13.6 Å². The number of benzene rings is 1. The van der Waals surface area contributed by atoms with Crippen molar-refractivity contribution in [3.8, 4) is 0 Å². The molecule has 1 aliphatic rings. The normalized spacial score (nSPS) is 13.5. The molecule has 0 amide bonds. The van der Waals surface area contributed by atoms with Gasteiger partial charge in [-0.1, -0.05) is 35.9 Å². The second kappa shape index (κ2) is 6.63. The highest BCUT2D eigenvalue weighted by atomic mass is 16.2. The number of allylic oxidation sites excluding steroid dienone is 1. The monoisotopic (exact) mass is 378 g/mol. The summed E-state index contributed by atoms with van der Waals surface area (Å²) in [6.45, 7) is 8.74. The van der Waals surface area contributed by atoms with Crippen LogP contribution in [0, 0.1) is 6.92 Å². The fraction of sp³-hybridized carbons (Fsp3) is 0.300. The molecule has 0 saturated heterocycles. The number of hydrazone groups is 1. The van der Waals surface area contributed by atoms with Gasteiger partial charge in [0.15, 0.2) is 11.2 Å². The molecule has 144 valence electrons. The number of aryl methyl sites for hydroxylation is 2. The minimum atomic E-state index is -0.407. The van der Waals surface area contributed by atoms with Gasteiger partial charge in [-0.15, -0.1) is 6.58 Å². The van der Waals surface area contributed by atoms with Crippen LogP contribution in [-0.2, 0) is 26.7 Å². The maximum absolute atomic E-state index is 13.0. The summed E-state index contributed by atoms with van der Waals surface area (Å²) in [6.07, 6.45) is 1.54. The summed E-state index contributed by atoms with van der Waals surface area (Å²) in [5.41, 5.74) is 3.13. The van der Waals surface area contributed by atoms with Crippen molar-refractivity contribution in [1.82, 2.24) is 18.7 Å². The van der Waals surface area contributed by atoms with E-state index in [1.165, 1.54) is 14.7 Å². The maximum atomic E-state index is 13.0. The van der Waals surface area contributed by atoms with Crippen LogP contribution in [0.5, 0.6) is 0 Å². The quantitative estimate of drug-likeness (QED) is 0.649. The summed E-state index contributed by atoms with van der Waals surface area (Å²) in [7, 11) is 1.63. The number of nitrogens with zero attached hydrogens (tertiary/aromatic N) is 6. The molecule has 0 saturated carbocycles. The number of rotatable bonds is 4. The number of anilines is 1. The van der Waals surface area contributed by atoms with Crippen LogP contribution in [0.15, 0.2) is 51.6 Å². The molecule has 3 aromatic rings. The first-order valence-corrected chi connectivity index (χ1v) is 9.09. The molecular formula is C20H22N6O2. The highest BCUT2D eigenvalue weighted by Gasteiger charge is 2.26. The number of imidazole rings is 1. The molecule has 28 heavy (non-hydrogen) atoms. The molecule has 0 N–H and O–H groups in total. The Kier molecular flexibility index (Phi) is 4.26. The molecular weight excluding hydrogens is 356 g/mol. The molecule has 0 bridgehead atoms. The number of hydrogen-bond acceptors (Lipinski definition) is 5. The topological polar surface area (TPSA) is 77.4 Å². The minimum absolute atomic E-state index is 0.155. The average Bonchev–Trinajstić information content (AvgIpc) is 3.03. The Labute approximate surface area is 161 Å². The summed E-state index contributed by atoms with van der Waals surface area (Å²) in [5.74, 6) is 0.561. The number of aromatic nitrogens is 4. The van der Waals surface area contributed by atoms with E-state index in [1.807, 2.05) is 36.6 Å². The molecule has 2 aromatic heterocycles. The predicted octanol–water partition coefficient (Wildman–Crippen LogP) is 1.79. The zero-order chi connectivity index (χ0) is 20.0. The Morgan fingerprint density at radius 2 is 2.04 bits per heavy atom. The lowest BCUT2D eigenvalue weighted by Crippen LogP contribution is -2.39. The van der Waals surface area contributed by atoms with Gasteiger partial charge < -0.3 is 0 Å². The average molecular weight is 378 g/mol. The van der Waals surface area contributed by atoms with Gasteiger partial charge >= 0.3 is 5.69 Å². The van der Waals surface area contributed by atoms with E-state index in [0.29, 0.717) is 30.2 Å². The standard InChI is InChI=1S/C20H22N6O2/c1-5-9-24-18(27)16-17(23(4)20(24)28)21-19-25(16)11-14(3)22-26(19)12-15-8-6-7-13(2)10-15/h5-8,10H,1,9,11-12H2,2-4H3.